The minimum atomic E-state index is -0.435. The molecule has 0 aliphatic carbocycles. The SMILES string of the molecule is CC(C)[C@H]1C(=O)NC(c2ccccc2)=CN1C=O. The van der Waals surface area contributed by atoms with Crippen molar-refractivity contribution < 1.29 is 9.59 Å². The summed E-state index contributed by atoms with van der Waals surface area (Å²) >= 11 is 0. The Balaban J connectivity index is 2.36. The highest BCUT2D eigenvalue weighted by atomic mass is 16.2. The second kappa shape index (κ2) is 5.04. The van der Waals surface area contributed by atoms with Gasteiger partial charge in [0.05, 0.1) is 5.70 Å². The van der Waals surface area contributed by atoms with Crippen LogP contribution in [0.5, 0.6) is 0 Å². The van der Waals surface area contributed by atoms with Gasteiger partial charge in [-0.25, -0.2) is 0 Å². The molecule has 4 heteroatoms. The zero-order chi connectivity index (χ0) is 13.1. The van der Waals surface area contributed by atoms with Gasteiger partial charge in [0.1, 0.15) is 6.04 Å². The number of hydrogen-bond donors (Lipinski definition) is 1. The molecule has 1 heterocycles. The predicted octanol–water partition coefficient (Wildman–Crippen LogP) is 1.60. The van der Waals surface area contributed by atoms with Crippen LogP contribution in [-0.4, -0.2) is 23.3 Å². The summed E-state index contributed by atoms with van der Waals surface area (Å²) in [5.74, 6) is -0.0674. The van der Waals surface area contributed by atoms with Crippen LogP contribution in [0.4, 0.5) is 0 Å². The van der Waals surface area contributed by atoms with Crippen molar-refractivity contribution in [2.75, 3.05) is 0 Å². The van der Waals surface area contributed by atoms with E-state index in [1.165, 1.54) is 4.90 Å². The molecule has 0 radical (unpaired) electrons. The standard InChI is InChI=1S/C14H16N2O2/c1-10(2)13-14(18)15-12(8-16(13)9-17)11-6-4-3-5-7-11/h3-10,13H,1-2H3,(H,15,18)/t13-/m0/s1. The van der Waals surface area contributed by atoms with E-state index in [2.05, 4.69) is 5.32 Å². The van der Waals surface area contributed by atoms with Gasteiger partial charge in [0.25, 0.3) is 0 Å². The van der Waals surface area contributed by atoms with Crippen LogP contribution < -0.4 is 5.32 Å². The minimum absolute atomic E-state index is 0.0729. The van der Waals surface area contributed by atoms with Gasteiger partial charge in [-0.3, -0.25) is 9.59 Å². The molecular formula is C14H16N2O2. The second-order valence-corrected chi connectivity index (χ2v) is 4.64. The van der Waals surface area contributed by atoms with E-state index in [-0.39, 0.29) is 11.8 Å². The van der Waals surface area contributed by atoms with Crippen molar-refractivity contribution in [1.29, 1.82) is 0 Å². The highest BCUT2D eigenvalue weighted by molar-refractivity contribution is 5.94. The molecule has 1 aliphatic rings. The van der Waals surface area contributed by atoms with Crippen LogP contribution in [0.2, 0.25) is 0 Å². The molecule has 94 valence electrons. The third-order valence-corrected chi connectivity index (χ3v) is 2.96. The molecule has 2 amide bonds. The Labute approximate surface area is 106 Å². The van der Waals surface area contributed by atoms with Crippen LogP contribution in [0, 0.1) is 5.92 Å². The van der Waals surface area contributed by atoms with Crippen molar-refractivity contribution in [3.63, 3.8) is 0 Å². The van der Waals surface area contributed by atoms with Crippen LogP contribution in [0.1, 0.15) is 19.4 Å². The van der Waals surface area contributed by atoms with Gasteiger partial charge >= 0.3 is 0 Å². The van der Waals surface area contributed by atoms with Crippen molar-refractivity contribution in [3.8, 4) is 0 Å². The maximum Gasteiger partial charge on any atom is 0.247 e. The highest BCUT2D eigenvalue weighted by Crippen LogP contribution is 2.21. The van der Waals surface area contributed by atoms with E-state index in [0.29, 0.717) is 12.1 Å². The molecule has 1 N–H and O–H groups in total. The van der Waals surface area contributed by atoms with Crippen molar-refractivity contribution >= 4 is 18.0 Å². The van der Waals surface area contributed by atoms with Gasteiger partial charge in [-0.15, -0.1) is 0 Å². The predicted molar refractivity (Wildman–Crippen MR) is 69.1 cm³/mol. The molecule has 1 atom stereocenters. The summed E-state index contributed by atoms with van der Waals surface area (Å²) in [5.41, 5.74) is 1.55. The van der Waals surface area contributed by atoms with E-state index in [9.17, 15) is 9.59 Å². The van der Waals surface area contributed by atoms with Crippen molar-refractivity contribution in [1.82, 2.24) is 10.2 Å². The maximum absolute atomic E-state index is 12.0. The Morgan fingerprint density at radius 2 is 1.94 bits per heavy atom. The fraction of sp³-hybridized carbons (Fsp3) is 0.286. The van der Waals surface area contributed by atoms with Gasteiger partial charge in [-0.1, -0.05) is 44.2 Å². The summed E-state index contributed by atoms with van der Waals surface area (Å²) < 4.78 is 0. The van der Waals surface area contributed by atoms with E-state index in [4.69, 9.17) is 0 Å². The molecule has 2 rings (SSSR count). The lowest BCUT2D eigenvalue weighted by Crippen LogP contribution is -2.50. The smallest absolute Gasteiger partial charge is 0.247 e. The van der Waals surface area contributed by atoms with Crippen molar-refractivity contribution in [3.05, 3.63) is 42.1 Å². The molecule has 0 aromatic heterocycles. The Morgan fingerprint density at radius 1 is 1.28 bits per heavy atom. The molecule has 1 aromatic carbocycles. The number of carbonyl (C=O) groups is 2. The molecule has 1 aliphatic heterocycles. The molecule has 0 saturated carbocycles. The summed E-state index contributed by atoms with van der Waals surface area (Å²) in [6.07, 6.45) is 2.39. The van der Waals surface area contributed by atoms with E-state index in [0.717, 1.165) is 5.56 Å². The normalized spacial score (nSPS) is 19.5. The topological polar surface area (TPSA) is 49.4 Å². The average Bonchev–Trinajstić information content (AvgIpc) is 2.38. The number of carbonyl (C=O) groups excluding carboxylic acids is 2. The summed E-state index contributed by atoms with van der Waals surface area (Å²) in [5, 5.41) is 2.85. The average molecular weight is 244 g/mol. The van der Waals surface area contributed by atoms with E-state index in [1.54, 1.807) is 6.20 Å². The van der Waals surface area contributed by atoms with E-state index < -0.39 is 6.04 Å². The molecule has 18 heavy (non-hydrogen) atoms. The van der Waals surface area contributed by atoms with E-state index in [1.807, 2.05) is 44.2 Å². The monoisotopic (exact) mass is 244 g/mol. The fourth-order valence-electron chi connectivity index (χ4n) is 2.11. The zero-order valence-electron chi connectivity index (χ0n) is 10.5. The molecule has 0 fully saturated rings. The quantitative estimate of drug-likeness (QED) is 0.821. The summed E-state index contributed by atoms with van der Waals surface area (Å²) in [7, 11) is 0. The third kappa shape index (κ3) is 2.27. The Bertz CT molecular complexity index is 480. The molecule has 0 bridgehead atoms. The molecular weight excluding hydrogens is 228 g/mol. The van der Waals surface area contributed by atoms with Crippen molar-refractivity contribution in [2.24, 2.45) is 5.92 Å². The lowest BCUT2D eigenvalue weighted by Gasteiger charge is -2.32. The molecule has 0 saturated heterocycles. The van der Waals surface area contributed by atoms with Crippen LogP contribution >= 0.6 is 0 Å². The number of hydrogen-bond acceptors (Lipinski definition) is 2. The van der Waals surface area contributed by atoms with Gasteiger partial charge in [0.15, 0.2) is 0 Å². The maximum atomic E-state index is 12.0. The first-order chi connectivity index (χ1) is 8.63. The van der Waals surface area contributed by atoms with Crippen LogP contribution in [0.3, 0.4) is 0 Å². The molecule has 0 unspecified atom stereocenters. The number of nitrogens with zero attached hydrogens (tertiary/aromatic N) is 1. The minimum Gasteiger partial charge on any atom is -0.322 e. The van der Waals surface area contributed by atoms with Gasteiger partial charge in [-0.2, -0.15) is 0 Å². The third-order valence-electron chi connectivity index (χ3n) is 2.96. The summed E-state index contributed by atoms with van der Waals surface area (Å²) in [4.78, 5) is 24.6. The first-order valence-electron chi connectivity index (χ1n) is 5.94. The Morgan fingerprint density at radius 3 is 2.50 bits per heavy atom. The number of rotatable bonds is 3. The zero-order valence-corrected chi connectivity index (χ0v) is 10.5. The summed E-state index contributed by atoms with van der Waals surface area (Å²) in [6, 6.07) is 9.04. The van der Waals surface area contributed by atoms with Gasteiger partial charge in [0, 0.05) is 6.20 Å². The first kappa shape index (κ1) is 12.4. The highest BCUT2D eigenvalue weighted by Gasteiger charge is 2.31. The molecule has 0 spiro atoms. The number of benzene rings is 1. The van der Waals surface area contributed by atoms with Gasteiger partial charge < -0.3 is 10.2 Å². The fourth-order valence-corrected chi connectivity index (χ4v) is 2.11. The van der Waals surface area contributed by atoms with Crippen LogP contribution in [-0.2, 0) is 9.59 Å². The number of amides is 2. The van der Waals surface area contributed by atoms with Crippen molar-refractivity contribution in [2.45, 2.75) is 19.9 Å². The Hall–Kier alpha value is -2.10. The van der Waals surface area contributed by atoms with Gasteiger partial charge in [0.2, 0.25) is 12.3 Å². The van der Waals surface area contributed by atoms with Crippen LogP contribution in [0.25, 0.3) is 5.70 Å². The number of nitrogens with one attached hydrogen (secondary N) is 1. The Kier molecular flexibility index (Phi) is 3.46. The first-order valence-corrected chi connectivity index (χ1v) is 5.94. The van der Waals surface area contributed by atoms with E-state index >= 15 is 0 Å². The summed E-state index contributed by atoms with van der Waals surface area (Å²) in [6.45, 7) is 3.84. The molecule has 4 nitrogen and oxygen atoms in total. The second-order valence-electron chi connectivity index (χ2n) is 4.64. The molecule has 1 aromatic rings. The van der Waals surface area contributed by atoms with Gasteiger partial charge in [-0.05, 0) is 11.5 Å². The lowest BCUT2D eigenvalue weighted by molar-refractivity contribution is -0.132. The lowest BCUT2D eigenvalue weighted by atomic mass is 9.99. The van der Waals surface area contributed by atoms with Crippen LogP contribution in [0.15, 0.2) is 36.5 Å². The largest absolute Gasteiger partial charge is 0.322 e.